The van der Waals surface area contributed by atoms with E-state index >= 15 is 0 Å². The zero-order valence-electron chi connectivity index (χ0n) is 11.1. The van der Waals surface area contributed by atoms with Gasteiger partial charge in [-0.05, 0) is 6.42 Å². The molecule has 2 heterocycles. The number of fused-ring (bicyclic) bond motifs is 1. The molecule has 0 aromatic carbocycles. The first-order chi connectivity index (χ1) is 8.72. The maximum Gasteiger partial charge on any atom is 0.161 e. The number of aromatic nitrogens is 4. The molecule has 0 spiro atoms. The fourth-order valence-corrected chi connectivity index (χ4v) is 2.10. The molecule has 1 atom stereocenters. The SMILES string of the molecule is CCCCCCC(C)c1nc(N)c2cn[nH]c2n1. The standard InChI is InChI=1S/C13H21N5/c1-3-4-5-6-7-9(2)12-16-11(14)10-8-15-18-13(10)17-12/h8-9H,3-7H2,1-2H3,(H3,14,15,16,17,18). The molecule has 0 saturated heterocycles. The van der Waals surface area contributed by atoms with Crippen LogP contribution in [0.1, 0.15) is 57.7 Å². The summed E-state index contributed by atoms with van der Waals surface area (Å²) in [6.07, 6.45) is 7.84. The molecule has 3 N–H and O–H groups in total. The molecule has 0 aliphatic rings. The molecule has 0 saturated carbocycles. The zero-order valence-corrected chi connectivity index (χ0v) is 11.1. The third-order valence-corrected chi connectivity index (χ3v) is 3.29. The minimum absolute atomic E-state index is 0.344. The summed E-state index contributed by atoms with van der Waals surface area (Å²) < 4.78 is 0. The van der Waals surface area contributed by atoms with Gasteiger partial charge >= 0.3 is 0 Å². The molecule has 1 unspecified atom stereocenters. The van der Waals surface area contributed by atoms with Crippen molar-refractivity contribution >= 4 is 16.9 Å². The van der Waals surface area contributed by atoms with Gasteiger partial charge in [-0.2, -0.15) is 5.10 Å². The molecule has 2 aromatic heterocycles. The molecule has 5 nitrogen and oxygen atoms in total. The summed E-state index contributed by atoms with van der Waals surface area (Å²) in [5.41, 5.74) is 6.64. The maximum atomic E-state index is 5.90. The highest BCUT2D eigenvalue weighted by Crippen LogP contribution is 2.23. The normalized spacial score (nSPS) is 13.0. The van der Waals surface area contributed by atoms with Crippen LogP contribution in [0.5, 0.6) is 0 Å². The van der Waals surface area contributed by atoms with E-state index in [1.807, 2.05) is 0 Å². The number of nitrogens with one attached hydrogen (secondary N) is 1. The van der Waals surface area contributed by atoms with Gasteiger partial charge in [-0.1, -0.05) is 39.5 Å². The number of unbranched alkanes of at least 4 members (excludes halogenated alkanes) is 3. The predicted molar refractivity (Wildman–Crippen MR) is 73.3 cm³/mol. The van der Waals surface area contributed by atoms with Crippen LogP contribution in [-0.2, 0) is 0 Å². The Bertz CT molecular complexity index is 505. The van der Waals surface area contributed by atoms with Gasteiger partial charge in [0, 0.05) is 5.92 Å². The number of rotatable bonds is 6. The van der Waals surface area contributed by atoms with E-state index in [1.54, 1.807) is 6.20 Å². The number of aromatic amines is 1. The van der Waals surface area contributed by atoms with E-state index in [2.05, 4.69) is 34.0 Å². The van der Waals surface area contributed by atoms with Crippen molar-refractivity contribution in [3.63, 3.8) is 0 Å². The summed E-state index contributed by atoms with van der Waals surface area (Å²) in [6, 6.07) is 0. The average molecular weight is 247 g/mol. The van der Waals surface area contributed by atoms with Crippen LogP contribution >= 0.6 is 0 Å². The smallest absolute Gasteiger partial charge is 0.161 e. The summed E-state index contributed by atoms with van der Waals surface area (Å²) in [4.78, 5) is 8.86. The second-order valence-corrected chi connectivity index (χ2v) is 4.85. The maximum absolute atomic E-state index is 5.90. The highest BCUT2D eigenvalue weighted by atomic mass is 15.2. The monoisotopic (exact) mass is 247 g/mol. The Kier molecular flexibility index (Phi) is 4.12. The molecule has 0 bridgehead atoms. The van der Waals surface area contributed by atoms with E-state index < -0.39 is 0 Å². The van der Waals surface area contributed by atoms with Gasteiger partial charge in [0.2, 0.25) is 0 Å². The Morgan fingerprint density at radius 1 is 1.28 bits per heavy atom. The van der Waals surface area contributed by atoms with Gasteiger partial charge in [0.25, 0.3) is 0 Å². The first kappa shape index (κ1) is 12.8. The molecule has 0 radical (unpaired) electrons. The Balaban J connectivity index is 2.05. The van der Waals surface area contributed by atoms with Crippen LogP contribution < -0.4 is 5.73 Å². The number of nitrogens with zero attached hydrogens (tertiary/aromatic N) is 3. The van der Waals surface area contributed by atoms with Gasteiger partial charge in [-0.25, -0.2) is 9.97 Å². The molecule has 0 aliphatic carbocycles. The van der Waals surface area contributed by atoms with Gasteiger partial charge in [-0.3, -0.25) is 5.10 Å². The lowest BCUT2D eigenvalue weighted by Gasteiger charge is -2.10. The average Bonchev–Trinajstić information content (AvgIpc) is 2.83. The van der Waals surface area contributed by atoms with Crippen molar-refractivity contribution in [2.75, 3.05) is 5.73 Å². The molecule has 2 rings (SSSR count). The quantitative estimate of drug-likeness (QED) is 0.769. The topological polar surface area (TPSA) is 80.5 Å². The van der Waals surface area contributed by atoms with E-state index in [1.165, 1.54) is 25.7 Å². The Morgan fingerprint density at radius 3 is 2.89 bits per heavy atom. The molecular weight excluding hydrogens is 226 g/mol. The van der Waals surface area contributed by atoms with Crippen LogP contribution in [0, 0.1) is 0 Å². The lowest BCUT2D eigenvalue weighted by Crippen LogP contribution is -2.04. The van der Waals surface area contributed by atoms with Crippen molar-refractivity contribution in [2.45, 2.75) is 51.9 Å². The van der Waals surface area contributed by atoms with Crippen LogP contribution in [0.3, 0.4) is 0 Å². The van der Waals surface area contributed by atoms with Crippen LogP contribution in [0.4, 0.5) is 5.82 Å². The van der Waals surface area contributed by atoms with E-state index in [-0.39, 0.29) is 0 Å². The summed E-state index contributed by atoms with van der Waals surface area (Å²) in [5.74, 6) is 1.68. The molecule has 2 aromatic rings. The first-order valence-electron chi connectivity index (χ1n) is 6.68. The third-order valence-electron chi connectivity index (χ3n) is 3.29. The summed E-state index contributed by atoms with van der Waals surface area (Å²) in [5, 5.41) is 7.60. The van der Waals surface area contributed by atoms with Gasteiger partial charge in [-0.15, -0.1) is 0 Å². The van der Waals surface area contributed by atoms with Crippen LogP contribution in [0.25, 0.3) is 11.0 Å². The lowest BCUT2D eigenvalue weighted by atomic mass is 10.0. The molecule has 0 aliphatic heterocycles. The Labute approximate surface area is 107 Å². The van der Waals surface area contributed by atoms with Gasteiger partial charge < -0.3 is 5.73 Å². The Hall–Kier alpha value is -1.65. The summed E-state index contributed by atoms with van der Waals surface area (Å²) >= 11 is 0. The van der Waals surface area contributed by atoms with Crippen molar-refractivity contribution in [2.24, 2.45) is 0 Å². The largest absolute Gasteiger partial charge is 0.383 e. The molecule has 0 amide bonds. The van der Waals surface area contributed by atoms with E-state index in [9.17, 15) is 0 Å². The van der Waals surface area contributed by atoms with Crippen molar-refractivity contribution < 1.29 is 0 Å². The number of H-pyrrole nitrogens is 1. The number of nitrogen functional groups attached to an aromatic ring is 1. The van der Waals surface area contributed by atoms with E-state index in [0.717, 1.165) is 23.3 Å². The highest BCUT2D eigenvalue weighted by molar-refractivity contribution is 5.84. The van der Waals surface area contributed by atoms with Gasteiger partial charge in [0.1, 0.15) is 11.6 Å². The van der Waals surface area contributed by atoms with Gasteiger partial charge in [0.15, 0.2) is 5.65 Å². The van der Waals surface area contributed by atoms with Crippen LogP contribution in [0.15, 0.2) is 6.20 Å². The first-order valence-corrected chi connectivity index (χ1v) is 6.68. The number of hydrogen-bond acceptors (Lipinski definition) is 4. The Morgan fingerprint density at radius 2 is 2.11 bits per heavy atom. The number of nitrogens with two attached hydrogens (primary N) is 1. The lowest BCUT2D eigenvalue weighted by molar-refractivity contribution is 0.563. The van der Waals surface area contributed by atoms with E-state index in [4.69, 9.17) is 5.73 Å². The molecule has 5 heteroatoms. The number of hydrogen-bond donors (Lipinski definition) is 2. The van der Waals surface area contributed by atoms with Crippen molar-refractivity contribution in [1.29, 1.82) is 0 Å². The fourth-order valence-electron chi connectivity index (χ4n) is 2.10. The van der Waals surface area contributed by atoms with Crippen LogP contribution in [-0.4, -0.2) is 20.2 Å². The molecule has 98 valence electrons. The fraction of sp³-hybridized carbons (Fsp3) is 0.615. The highest BCUT2D eigenvalue weighted by Gasteiger charge is 2.12. The zero-order chi connectivity index (χ0) is 13.0. The molecule has 18 heavy (non-hydrogen) atoms. The van der Waals surface area contributed by atoms with Crippen molar-refractivity contribution in [3.8, 4) is 0 Å². The van der Waals surface area contributed by atoms with Crippen LogP contribution in [0.2, 0.25) is 0 Å². The minimum atomic E-state index is 0.344. The third kappa shape index (κ3) is 2.78. The number of anilines is 1. The minimum Gasteiger partial charge on any atom is -0.383 e. The molecule has 0 fully saturated rings. The predicted octanol–water partition coefficient (Wildman–Crippen LogP) is 3.01. The second-order valence-electron chi connectivity index (χ2n) is 4.85. The van der Waals surface area contributed by atoms with Crippen molar-refractivity contribution in [1.82, 2.24) is 20.2 Å². The van der Waals surface area contributed by atoms with Crippen molar-refractivity contribution in [3.05, 3.63) is 12.0 Å². The van der Waals surface area contributed by atoms with E-state index in [0.29, 0.717) is 11.7 Å². The second kappa shape index (κ2) is 5.80. The molecular formula is C13H21N5. The summed E-state index contributed by atoms with van der Waals surface area (Å²) in [7, 11) is 0. The summed E-state index contributed by atoms with van der Waals surface area (Å²) in [6.45, 7) is 4.38. The van der Waals surface area contributed by atoms with Gasteiger partial charge in [0.05, 0.1) is 11.6 Å².